The van der Waals surface area contributed by atoms with Gasteiger partial charge in [0.15, 0.2) is 0 Å². The van der Waals surface area contributed by atoms with Gasteiger partial charge in [0.05, 0.1) is 6.20 Å². The predicted molar refractivity (Wildman–Crippen MR) is 64.8 cm³/mol. The molecule has 19 heavy (non-hydrogen) atoms. The minimum absolute atomic E-state index is 0.0330. The highest BCUT2D eigenvalue weighted by molar-refractivity contribution is 6.58. The minimum atomic E-state index is -1.87. The van der Waals surface area contributed by atoms with Crippen LogP contribution in [0.1, 0.15) is 5.56 Å². The molecule has 0 unspecified atom stereocenters. The number of hydrogen-bond acceptors (Lipinski definition) is 4. The molecule has 0 aliphatic rings. The molecule has 0 fully saturated rings. The summed E-state index contributed by atoms with van der Waals surface area (Å²) in [6.07, 6.45) is 2.51. The van der Waals surface area contributed by atoms with E-state index in [9.17, 15) is 8.78 Å². The summed E-state index contributed by atoms with van der Waals surface area (Å²) in [6, 6.07) is 4.89. The van der Waals surface area contributed by atoms with Crippen LogP contribution in [0.5, 0.6) is 5.75 Å². The molecule has 0 saturated carbocycles. The van der Waals surface area contributed by atoms with Crippen LogP contribution in [0.3, 0.4) is 0 Å². The zero-order valence-corrected chi connectivity index (χ0v) is 9.75. The number of rotatable bonds is 4. The molecular weight excluding hydrogens is 255 g/mol. The molecule has 1 aromatic heterocycles. The first-order valence-electron chi connectivity index (χ1n) is 5.44. The van der Waals surface area contributed by atoms with Gasteiger partial charge in [-0.1, -0.05) is 6.07 Å². The van der Waals surface area contributed by atoms with Gasteiger partial charge in [0, 0.05) is 23.3 Å². The van der Waals surface area contributed by atoms with Crippen molar-refractivity contribution < 1.29 is 23.6 Å². The van der Waals surface area contributed by atoms with Crippen molar-refractivity contribution in [1.29, 1.82) is 0 Å². The van der Waals surface area contributed by atoms with E-state index < -0.39 is 18.8 Å². The summed E-state index contributed by atoms with van der Waals surface area (Å²) < 4.78 is 31.5. The first kappa shape index (κ1) is 13.4. The number of benzene rings is 1. The average Bonchev–Trinajstić information content (AvgIpc) is 2.36. The van der Waals surface area contributed by atoms with Crippen molar-refractivity contribution in [3.05, 3.63) is 53.9 Å². The molecule has 0 spiro atoms. The van der Waals surface area contributed by atoms with Gasteiger partial charge < -0.3 is 14.8 Å². The molecule has 2 aromatic rings. The van der Waals surface area contributed by atoms with E-state index in [1.165, 1.54) is 24.4 Å². The predicted octanol–water partition coefficient (Wildman–Crippen LogP) is 0.619. The maximum absolute atomic E-state index is 13.4. The van der Waals surface area contributed by atoms with Gasteiger partial charge >= 0.3 is 7.12 Å². The van der Waals surface area contributed by atoms with E-state index in [-0.39, 0.29) is 17.8 Å². The van der Waals surface area contributed by atoms with Crippen molar-refractivity contribution in [1.82, 2.24) is 4.98 Å². The van der Waals surface area contributed by atoms with Crippen LogP contribution >= 0.6 is 0 Å². The first-order chi connectivity index (χ1) is 9.06. The highest BCUT2D eigenvalue weighted by Crippen LogP contribution is 2.13. The zero-order chi connectivity index (χ0) is 13.8. The molecule has 1 heterocycles. The van der Waals surface area contributed by atoms with Gasteiger partial charge in [-0.25, -0.2) is 8.78 Å². The molecule has 0 radical (unpaired) electrons. The lowest BCUT2D eigenvalue weighted by atomic mass is 9.80. The maximum atomic E-state index is 13.4. The van der Waals surface area contributed by atoms with Crippen LogP contribution in [-0.4, -0.2) is 22.2 Å². The first-order valence-corrected chi connectivity index (χ1v) is 5.44. The van der Waals surface area contributed by atoms with Crippen LogP contribution in [0.2, 0.25) is 0 Å². The van der Waals surface area contributed by atoms with Gasteiger partial charge in [0.1, 0.15) is 24.0 Å². The molecule has 2 rings (SSSR count). The van der Waals surface area contributed by atoms with Crippen LogP contribution in [0.25, 0.3) is 0 Å². The second kappa shape index (κ2) is 5.77. The Hall–Kier alpha value is -1.99. The van der Waals surface area contributed by atoms with Gasteiger partial charge in [-0.3, -0.25) is 4.98 Å². The van der Waals surface area contributed by atoms with E-state index in [0.717, 1.165) is 12.3 Å². The molecule has 98 valence electrons. The van der Waals surface area contributed by atoms with E-state index in [0.29, 0.717) is 5.56 Å². The van der Waals surface area contributed by atoms with E-state index in [4.69, 9.17) is 14.8 Å². The summed E-state index contributed by atoms with van der Waals surface area (Å²) in [7, 11) is -1.87. The van der Waals surface area contributed by atoms with Crippen LogP contribution in [0.4, 0.5) is 8.78 Å². The molecule has 0 aliphatic carbocycles. The number of aromatic nitrogens is 1. The van der Waals surface area contributed by atoms with Gasteiger partial charge in [-0.15, -0.1) is 0 Å². The number of halogens is 2. The molecule has 1 aromatic carbocycles. The fourth-order valence-electron chi connectivity index (χ4n) is 1.51. The monoisotopic (exact) mass is 265 g/mol. The molecule has 0 aliphatic heterocycles. The summed E-state index contributed by atoms with van der Waals surface area (Å²) in [5.41, 5.74) is 0.270. The Morgan fingerprint density at radius 2 is 1.95 bits per heavy atom. The van der Waals surface area contributed by atoms with Crippen molar-refractivity contribution in [2.24, 2.45) is 0 Å². The van der Waals surface area contributed by atoms with Crippen molar-refractivity contribution in [3.8, 4) is 5.75 Å². The molecule has 0 saturated heterocycles. The summed E-state index contributed by atoms with van der Waals surface area (Å²) in [4.78, 5) is 3.66. The second-order valence-electron chi connectivity index (χ2n) is 3.86. The topological polar surface area (TPSA) is 62.6 Å². The van der Waals surface area contributed by atoms with Crippen molar-refractivity contribution >= 4 is 12.6 Å². The lowest BCUT2D eigenvalue weighted by Crippen LogP contribution is -2.32. The summed E-state index contributed by atoms with van der Waals surface area (Å²) in [6.45, 7) is 0.0330. The Labute approximate surface area is 108 Å². The molecule has 7 heteroatoms. The SMILES string of the molecule is OB(O)c1ccc(OCc2cncc(F)c2)cc1F. The molecule has 2 N–H and O–H groups in total. The third-order valence-electron chi connectivity index (χ3n) is 2.42. The Kier molecular flexibility index (Phi) is 4.08. The lowest BCUT2D eigenvalue weighted by molar-refractivity contribution is 0.303. The highest BCUT2D eigenvalue weighted by Gasteiger charge is 2.16. The van der Waals surface area contributed by atoms with Crippen LogP contribution in [0.15, 0.2) is 36.7 Å². The van der Waals surface area contributed by atoms with Crippen molar-refractivity contribution in [3.63, 3.8) is 0 Å². The molecular formula is C12H10BF2NO3. The normalized spacial score (nSPS) is 10.3. The average molecular weight is 265 g/mol. The Bertz CT molecular complexity index is 581. The van der Waals surface area contributed by atoms with Crippen molar-refractivity contribution in [2.45, 2.75) is 6.61 Å². The van der Waals surface area contributed by atoms with E-state index in [2.05, 4.69) is 4.98 Å². The largest absolute Gasteiger partial charge is 0.491 e. The lowest BCUT2D eigenvalue weighted by Gasteiger charge is -2.08. The van der Waals surface area contributed by atoms with E-state index >= 15 is 0 Å². The Morgan fingerprint density at radius 1 is 1.16 bits per heavy atom. The van der Waals surface area contributed by atoms with Crippen LogP contribution < -0.4 is 10.2 Å². The van der Waals surface area contributed by atoms with Gasteiger partial charge in [0.2, 0.25) is 0 Å². The fraction of sp³-hybridized carbons (Fsp3) is 0.0833. The van der Waals surface area contributed by atoms with E-state index in [1.807, 2.05) is 0 Å². The summed E-state index contributed by atoms with van der Waals surface area (Å²) in [5.74, 6) is -1.07. The number of hydrogen-bond donors (Lipinski definition) is 2. The second-order valence-corrected chi connectivity index (χ2v) is 3.86. The standard InChI is InChI=1S/C12H10BF2NO3/c14-9-3-8(5-16-6-9)7-19-10-1-2-11(13(17)18)12(15)4-10/h1-6,17-18H,7H2. The maximum Gasteiger partial charge on any atom is 0.491 e. The molecule has 4 nitrogen and oxygen atoms in total. The zero-order valence-electron chi connectivity index (χ0n) is 9.75. The minimum Gasteiger partial charge on any atom is -0.489 e. The number of pyridine rings is 1. The van der Waals surface area contributed by atoms with Gasteiger partial charge in [0.25, 0.3) is 0 Å². The molecule has 0 atom stereocenters. The Balaban J connectivity index is 2.06. The fourth-order valence-corrected chi connectivity index (χ4v) is 1.51. The number of nitrogens with zero attached hydrogens (tertiary/aromatic N) is 1. The summed E-state index contributed by atoms with van der Waals surface area (Å²) >= 11 is 0. The molecule has 0 amide bonds. The van der Waals surface area contributed by atoms with Gasteiger partial charge in [-0.2, -0.15) is 0 Å². The number of ether oxygens (including phenoxy) is 1. The Morgan fingerprint density at radius 3 is 2.58 bits per heavy atom. The third-order valence-corrected chi connectivity index (χ3v) is 2.42. The highest BCUT2D eigenvalue weighted by atomic mass is 19.1. The van der Waals surface area contributed by atoms with Crippen LogP contribution in [-0.2, 0) is 6.61 Å². The van der Waals surface area contributed by atoms with Crippen molar-refractivity contribution in [2.75, 3.05) is 0 Å². The smallest absolute Gasteiger partial charge is 0.489 e. The molecule has 0 bridgehead atoms. The van der Waals surface area contributed by atoms with Crippen LogP contribution in [0, 0.1) is 11.6 Å². The van der Waals surface area contributed by atoms with E-state index in [1.54, 1.807) is 0 Å². The third kappa shape index (κ3) is 3.49. The van der Waals surface area contributed by atoms with Gasteiger partial charge in [-0.05, 0) is 12.1 Å². The summed E-state index contributed by atoms with van der Waals surface area (Å²) in [5, 5.41) is 17.7. The quantitative estimate of drug-likeness (QED) is 0.795.